The van der Waals surface area contributed by atoms with Crippen LogP contribution in [0.2, 0.25) is 0 Å². The largest absolute Gasteiger partial charge is 0.439 e. The van der Waals surface area contributed by atoms with Crippen molar-refractivity contribution in [2.24, 2.45) is 5.73 Å². The molecule has 2 amide bonds. The van der Waals surface area contributed by atoms with Crippen LogP contribution < -0.4 is 15.8 Å². The minimum Gasteiger partial charge on any atom is -0.439 e. The summed E-state index contributed by atoms with van der Waals surface area (Å²) in [5.74, 6) is 0.0621. The number of rotatable bonds is 7. The maximum Gasteiger partial charge on any atom is 0.248 e. The van der Waals surface area contributed by atoms with E-state index >= 15 is 0 Å². The Labute approximate surface area is 180 Å². The lowest BCUT2D eigenvalue weighted by atomic mass is 10.2. The van der Waals surface area contributed by atoms with Gasteiger partial charge < -0.3 is 15.8 Å². The lowest BCUT2D eigenvalue weighted by Gasteiger charge is -2.07. The average molecular weight is 437 g/mol. The fourth-order valence-corrected chi connectivity index (χ4v) is 4.25. The van der Waals surface area contributed by atoms with Crippen LogP contribution in [0.1, 0.15) is 16.1 Å². The average Bonchev–Trinajstić information content (AvgIpc) is 3.41. The Morgan fingerprint density at radius 2 is 2.00 bits per heavy atom. The third kappa shape index (κ3) is 4.88. The number of carbonyl (C=O) groups excluding carboxylic acids is 2. The minimum absolute atomic E-state index is 0.178. The summed E-state index contributed by atoms with van der Waals surface area (Å²) in [5.41, 5.74) is 6.89. The molecule has 4 rings (SSSR count). The van der Waals surface area contributed by atoms with Crippen LogP contribution in [0.25, 0.3) is 9.88 Å². The van der Waals surface area contributed by atoms with Crippen LogP contribution in [0.15, 0.2) is 65.5 Å². The van der Waals surface area contributed by atoms with Crippen LogP contribution >= 0.6 is 22.7 Å². The van der Waals surface area contributed by atoms with Gasteiger partial charge in [-0.2, -0.15) is 0 Å². The van der Waals surface area contributed by atoms with Crippen molar-refractivity contribution in [3.8, 4) is 21.5 Å². The number of nitrogens with zero attached hydrogens (tertiary/aromatic N) is 2. The Balaban J connectivity index is 1.35. The number of aromatic nitrogens is 2. The summed E-state index contributed by atoms with van der Waals surface area (Å²) in [7, 11) is 0. The second-order valence-electron chi connectivity index (χ2n) is 6.23. The Morgan fingerprint density at radius 3 is 2.73 bits per heavy atom. The van der Waals surface area contributed by atoms with Crippen LogP contribution in [0.3, 0.4) is 0 Å². The molecule has 0 aliphatic heterocycles. The van der Waals surface area contributed by atoms with Gasteiger partial charge in [0, 0.05) is 17.0 Å². The molecule has 1 aromatic carbocycles. The van der Waals surface area contributed by atoms with Gasteiger partial charge in [0.2, 0.25) is 17.7 Å². The summed E-state index contributed by atoms with van der Waals surface area (Å²) < 4.78 is 5.62. The summed E-state index contributed by atoms with van der Waals surface area (Å²) in [6.45, 7) is 0. The first-order chi connectivity index (χ1) is 14.6. The molecule has 0 saturated heterocycles. The van der Waals surface area contributed by atoms with Crippen molar-refractivity contribution in [2.75, 3.05) is 5.32 Å². The summed E-state index contributed by atoms with van der Waals surface area (Å²) in [6.07, 6.45) is 1.68. The van der Waals surface area contributed by atoms with Crippen LogP contribution in [0.4, 0.5) is 5.69 Å². The van der Waals surface area contributed by atoms with E-state index in [1.54, 1.807) is 41.7 Å². The number of hydrogen-bond acceptors (Lipinski definition) is 7. The Hall–Kier alpha value is -3.56. The van der Waals surface area contributed by atoms with Crippen molar-refractivity contribution in [3.63, 3.8) is 0 Å². The van der Waals surface area contributed by atoms with Gasteiger partial charge >= 0.3 is 0 Å². The van der Waals surface area contributed by atoms with Gasteiger partial charge in [-0.3, -0.25) is 9.59 Å². The SMILES string of the molecule is NC(=O)c1cccc(Oc2ccc(NC(=O)Cc3csc(-c4cccs4)n3)cn2)c1. The van der Waals surface area contributed by atoms with Gasteiger partial charge in [-0.15, -0.1) is 22.7 Å². The van der Waals surface area contributed by atoms with Gasteiger partial charge in [-0.25, -0.2) is 9.97 Å². The molecule has 9 heteroatoms. The first kappa shape index (κ1) is 19.7. The zero-order chi connectivity index (χ0) is 20.9. The molecule has 0 radical (unpaired) electrons. The molecule has 0 fully saturated rings. The molecule has 0 aliphatic carbocycles. The van der Waals surface area contributed by atoms with E-state index in [4.69, 9.17) is 10.5 Å². The fourth-order valence-electron chi connectivity index (χ4n) is 2.62. The molecule has 0 saturated carbocycles. The van der Waals surface area contributed by atoms with Gasteiger partial charge in [-0.05, 0) is 35.7 Å². The van der Waals surface area contributed by atoms with Crippen molar-refractivity contribution in [1.29, 1.82) is 0 Å². The van der Waals surface area contributed by atoms with E-state index in [1.165, 1.54) is 23.6 Å². The molecule has 4 aromatic rings. The number of nitrogens with one attached hydrogen (secondary N) is 1. The standard InChI is InChI=1S/C21H16N4O3S2/c22-20(27)13-3-1-4-16(9-13)28-19-7-6-14(11-23-19)24-18(26)10-15-12-30-21(25-15)17-5-2-8-29-17/h1-9,11-12H,10H2,(H2,22,27)(H,24,26). The maximum atomic E-state index is 12.3. The fraction of sp³-hybridized carbons (Fsp3) is 0.0476. The van der Waals surface area contributed by atoms with E-state index in [9.17, 15) is 9.59 Å². The van der Waals surface area contributed by atoms with Gasteiger partial charge in [0.15, 0.2) is 0 Å². The molecule has 0 spiro atoms. The summed E-state index contributed by atoms with van der Waals surface area (Å²) in [6, 6.07) is 13.8. The number of thiazole rings is 1. The van der Waals surface area contributed by atoms with E-state index in [0.29, 0.717) is 22.9 Å². The number of hydrogen-bond donors (Lipinski definition) is 2. The van der Waals surface area contributed by atoms with E-state index in [1.807, 2.05) is 22.9 Å². The molecular formula is C21H16N4O3S2. The Morgan fingerprint density at radius 1 is 1.10 bits per heavy atom. The minimum atomic E-state index is -0.533. The third-order valence-corrected chi connectivity index (χ3v) is 5.92. The molecule has 0 unspecified atom stereocenters. The number of primary amides is 1. The monoisotopic (exact) mass is 436 g/mol. The van der Waals surface area contributed by atoms with Crippen LogP contribution in [-0.4, -0.2) is 21.8 Å². The highest BCUT2D eigenvalue weighted by Crippen LogP contribution is 2.28. The molecule has 150 valence electrons. The Kier molecular flexibility index (Phi) is 5.82. The first-order valence-electron chi connectivity index (χ1n) is 8.89. The van der Waals surface area contributed by atoms with Gasteiger partial charge in [0.1, 0.15) is 10.8 Å². The van der Waals surface area contributed by atoms with E-state index in [0.717, 1.165) is 15.6 Å². The number of anilines is 1. The number of nitrogens with two attached hydrogens (primary N) is 1. The van der Waals surface area contributed by atoms with Crippen LogP contribution in [0.5, 0.6) is 11.6 Å². The van der Waals surface area contributed by atoms with Crippen molar-refractivity contribution in [1.82, 2.24) is 9.97 Å². The third-order valence-electron chi connectivity index (χ3n) is 3.99. The van der Waals surface area contributed by atoms with E-state index in [2.05, 4.69) is 15.3 Å². The zero-order valence-electron chi connectivity index (χ0n) is 15.6. The molecule has 3 aromatic heterocycles. The molecular weight excluding hydrogens is 420 g/mol. The van der Waals surface area contributed by atoms with E-state index < -0.39 is 5.91 Å². The topological polar surface area (TPSA) is 107 Å². The second-order valence-corrected chi connectivity index (χ2v) is 8.03. The first-order valence-corrected chi connectivity index (χ1v) is 10.6. The van der Waals surface area contributed by atoms with Gasteiger partial charge in [0.25, 0.3) is 0 Å². The molecule has 0 aliphatic rings. The molecule has 7 nitrogen and oxygen atoms in total. The number of amides is 2. The highest BCUT2D eigenvalue weighted by Gasteiger charge is 2.11. The molecule has 30 heavy (non-hydrogen) atoms. The summed E-state index contributed by atoms with van der Waals surface area (Å²) in [5, 5.41) is 7.60. The number of thiophene rings is 1. The predicted molar refractivity (Wildman–Crippen MR) is 117 cm³/mol. The van der Waals surface area contributed by atoms with Crippen molar-refractivity contribution in [3.05, 3.63) is 76.7 Å². The number of pyridine rings is 1. The molecule has 3 heterocycles. The lowest BCUT2D eigenvalue weighted by molar-refractivity contribution is -0.115. The van der Waals surface area contributed by atoms with Crippen molar-refractivity contribution < 1.29 is 14.3 Å². The highest BCUT2D eigenvalue weighted by molar-refractivity contribution is 7.20. The van der Waals surface area contributed by atoms with Crippen molar-refractivity contribution >= 4 is 40.2 Å². The van der Waals surface area contributed by atoms with E-state index in [-0.39, 0.29) is 12.3 Å². The normalized spacial score (nSPS) is 10.5. The van der Waals surface area contributed by atoms with Crippen LogP contribution in [0, 0.1) is 0 Å². The van der Waals surface area contributed by atoms with Crippen LogP contribution in [-0.2, 0) is 11.2 Å². The number of ether oxygens (including phenoxy) is 1. The lowest BCUT2D eigenvalue weighted by Crippen LogP contribution is -2.14. The summed E-state index contributed by atoms with van der Waals surface area (Å²) in [4.78, 5) is 33.3. The number of benzene rings is 1. The molecule has 3 N–H and O–H groups in total. The molecule has 0 bridgehead atoms. The quantitative estimate of drug-likeness (QED) is 0.448. The Bertz CT molecular complexity index is 1170. The second kappa shape index (κ2) is 8.85. The van der Waals surface area contributed by atoms with Gasteiger partial charge in [0.05, 0.1) is 28.9 Å². The summed E-state index contributed by atoms with van der Waals surface area (Å²) >= 11 is 3.14. The smallest absolute Gasteiger partial charge is 0.248 e. The molecule has 0 atom stereocenters. The van der Waals surface area contributed by atoms with Gasteiger partial charge in [-0.1, -0.05) is 12.1 Å². The predicted octanol–water partition coefficient (Wildman–Crippen LogP) is 4.34. The van der Waals surface area contributed by atoms with Crippen molar-refractivity contribution in [2.45, 2.75) is 6.42 Å². The highest BCUT2D eigenvalue weighted by atomic mass is 32.1. The number of carbonyl (C=O) groups is 2. The zero-order valence-corrected chi connectivity index (χ0v) is 17.2. The maximum absolute atomic E-state index is 12.3.